The van der Waals surface area contributed by atoms with Crippen LogP contribution in [0.15, 0.2) is 18.2 Å². The van der Waals surface area contributed by atoms with Crippen LogP contribution in [-0.2, 0) is 6.54 Å². The first kappa shape index (κ1) is 14.2. The Morgan fingerprint density at radius 1 is 1.58 bits per heavy atom. The van der Waals surface area contributed by atoms with Crippen molar-refractivity contribution in [2.75, 3.05) is 20.1 Å². The van der Waals surface area contributed by atoms with Gasteiger partial charge in [-0.15, -0.1) is 0 Å². The summed E-state index contributed by atoms with van der Waals surface area (Å²) in [5.41, 5.74) is 0.847. The van der Waals surface area contributed by atoms with E-state index in [0.29, 0.717) is 17.6 Å². The van der Waals surface area contributed by atoms with Crippen LogP contribution in [0.3, 0.4) is 0 Å². The molecule has 5 nitrogen and oxygen atoms in total. The summed E-state index contributed by atoms with van der Waals surface area (Å²) in [6, 6.07) is 5.36. The second-order valence-electron chi connectivity index (χ2n) is 4.85. The van der Waals surface area contributed by atoms with Gasteiger partial charge in [-0.3, -0.25) is 15.0 Å². The van der Waals surface area contributed by atoms with E-state index in [9.17, 15) is 10.1 Å². The third-order valence-electron chi connectivity index (χ3n) is 3.56. The molecule has 104 valence electrons. The van der Waals surface area contributed by atoms with Gasteiger partial charge in [0.1, 0.15) is 0 Å². The van der Waals surface area contributed by atoms with E-state index in [1.54, 1.807) is 12.1 Å². The van der Waals surface area contributed by atoms with E-state index in [1.807, 2.05) is 7.05 Å². The minimum atomic E-state index is -0.357. The van der Waals surface area contributed by atoms with Crippen molar-refractivity contribution in [2.24, 2.45) is 0 Å². The van der Waals surface area contributed by atoms with Gasteiger partial charge in [-0.1, -0.05) is 11.6 Å². The summed E-state index contributed by atoms with van der Waals surface area (Å²) in [5.74, 6) is 0. The van der Waals surface area contributed by atoms with Crippen molar-refractivity contribution in [1.82, 2.24) is 10.2 Å². The number of rotatable bonds is 5. The summed E-state index contributed by atoms with van der Waals surface area (Å²) in [7, 11) is 1.93. The lowest BCUT2D eigenvalue weighted by molar-refractivity contribution is -0.385. The molecule has 1 atom stereocenters. The normalized spacial score (nSPS) is 19.8. The number of hydrogen-bond acceptors (Lipinski definition) is 4. The summed E-state index contributed by atoms with van der Waals surface area (Å²) in [6.45, 7) is 2.52. The quantitative estimate of drug-likeness (QED) is 0.666. The van der Waals surface area contributed by atoms with E-state index in [2.05, 4.69) is 10.2 Å². The number of likely N-dealkylation sites (N-methyl/N-ethyl adjacent to an activating group) is 1. The maximum Gasteiger partial charge on any atom is 0.275 e. The molecule has 0 spiro atoms. The maximum absolute atomic E-state index is 11.1. The first-order chi connectivity index (χ1) is 9.11. The minimum Gasteiger partial charge on any atom is -0.318 e. The molecule has 1 fully saturated rings. The van der Waals surface area contributed by atoms with Gasteiger partial charge in [-0.25, -0.2) is 0 Å². The predicted molar refractivity (Wildman–Crippen MR) is 75.5 cm³/mol. The molecule has 1 unspecified atom stereocenters. The Morgan fingerprint density at radius 3 is 3.05 bits per heavy atom. The van der Waals surface area contributed by atoms with Crippen molar-refractivity contribution in [3.8, 4) is 0 Å². The standard InChI is InChI=1S/C13H18ClN3O2/c1-15-8-12-3-2-6-16(12)9-10-4-5-11(14)7-13(10)17(18)19/h4-5,7,12,15H,2-3,6,8-9H2,1H3. The van der Waals surface area contributed by atoms with Crippen molar-refractivity contribution < 1.29 is 4.92 Å². The first-order valence-electron chi connectivity index (χ1n) is 6.43. The lowest BCUT2D eigenvalue weighted by Gasteiger charge is -2.24. The number of hydrogen-bond donors (Lipinski definition) is 1. The number of nitro groups is 1. The highest BCUT2D eigenvalue weighted by atomic mass is 35.5. The molecular weight excluding hydrogens is 266 g/mol. The monoisotopic (exact) mass is 283 g/mol. The first-order valence-corrected chi connectivity index (χ1v) is 6.81. The third-order valence-corrected chi connectivity index (χ3v) is 3.79. The Hall–Kier alpha value is -1.17. The van der Waals surface area contributed by atoms with E-state index < -0.39 is 0 Å². The fraction of sp³-hybridized carbons (Fsp3) is 0.538. The van der Waals surface area contributed by atoms with Crippen LogP contribution in [0.25, 0.3) is 0 Å². The summed E-state index contributed by atoms with van der Waals surface area (Å²) in [4.78, 5) is 13.0. The number of nitrogens with zero attached hydrogens (tertiary/aromatic N) is 2. The molecule has 19 heavy (non-hydrogen) atoms. The fourth-order valence-electron chi connectivity index (χ4n) is 2.63. The summed E-state index contributed by atoms with van der Waals surface area (Å²) >= 11 is 5.83. The zero-order valence-corrected chi connectivity index (χ0v) is 11.7. The van der Waals surface area contributed by atoms with E-state index in [1.165, 1.54) is 6.07 Å². The van der Waals surface area contributed by atoms with E-state index in [0.717, 1.165) is 31.5 Å². The molecule has 0 amide bonds. The zero-order chi connectivity index (χ0) is 13.8. The van der Waals surface area contributed by atoms with Crippen LogP contribution in [0.1, 0.15) is 18.4 Å². The average Bonchev–Trinajstić information content (AvgIpc) is 2.79. The molecule has 1 N–H and O–H groups in total. The smallest absolute Gasteiger partial charge is 0.275 e. The molecule has 0 radical (unpaired) electrons. The molecule has 1 heterocycles. The van der Waals surface area contributed by atoms with Crippen molar-refractivity contribution in [3.63, 3.8) is 0 Å². The molecule has 1 aromatic carbocycles. The lowest BCUT2D eigenvalue weighted by atomic mass is 10.1. The SMILES string of the molecule is CNCC1CCCN1Cc1ccc(Cl)cc1[N+](=O)[O-]. The zero-order valence-electron chi connectivity index (χ0n) is 10.9. The van der Waals surface area contributed by atoms with Crippen molar-refractivity contribution in [2.45, 2.75) is 25.4 Å². The van der Waals surface area contributed by atoms with E-state index >= 15 is 0 Å². The van der Waals surface area contributed by atoms with Crippen LogP contribution in [0, 0.1) is 10.1 Å². The van der Waals surface area contributed by atoms with Crippen LogP contribution in [0.2, 0.25) is 5.02 Å². The maximum atomic E-state index is 11.1. The second kappa shape index (κ2) is 6.32. The molecule has 0 saturated carbocycles. The fourth-order valence-corrected chi connectivity index (χ4v) is 2.80. The number of nitrogens with one attached hydrogen (secondary N) is 1. The van der Waals surface area contributed by atoms with Gasteiger partial charge in [0.25, 0.3) is 5.69 Å². The van der Waals surface area contributed by atoms with Crippen LogP contribution in [0.4, 0.5) is 5.69 Å². The van der Waals surface area contributed by atoms with Gasteiger partial charge < -0.3 is 5.32 Å². The Balaban J connectivity index is 2.16. The number of nitro benzene ring substituents is 1. The second-order valence-corrected chi connectivity index (χ2v) is 5.29. The van der Waals surface area contributed by atoms with Crippen molar-refractivity contribution in [3.05, 3.63) is 38.9 Å². The van der Waals surface area contributed by atoms with Gasteiger partial charge >= 0.3 is 0 Å². The van der Waals surface area contributed by atoms with Crippen LogP contribution in [-0.4, -0.2) is 36.0 Å². The number of halogens is 1. The van der Waals surface area contributed by atoms with Crippen LogP contribution < -0.4 is 5.32 Å². The number of benzene rings is 1. The Morgan fingerprint density at radius 2 is 2.37 bits per heavy atom. The van der Waals surface area contributed by atoms with Gasteiger partial charge in [0.05, 0.1) is 4.92 Å². The highest BCUT2D eigenvalue weighted by molar-refractivity contribution is 6.30. The summed E-state index contributed by atoms with van der Waals surface area (Å²) in [5, 5.41) is 14.7. The molecule has 0 bridgehead atoms. The molecule has 1 aliphatic rings. The largest absolute Gasteiger partial charge is 0.318 e. The molecule has 1 saturated heterocycles. The molecule has 1 aliphatic heterocycles. The Labute approximate surface area is 117 Å². The third kappa shape index (κ3) is 3.43. The topological polar surface area (TPSA) is 58.4 Å². The molecule has 1 aromatic rings. The van der Waals surface area contributed by atoms with Crippen LogP contribution in [0.5, 0.6) is 0 Å². The minimum absolute atomic E-state index is 0.114. The predicted octanol–water partition coefficient (Wildman–Crippen LogP) is 2.43. The van der Waals surface area contributed by atoms with Crippen LogP contribution >= 0.6 is 11.6 Å². The van der Waals surface area contributed by atoms with Crippen molar-refractivity contribution >= 4 is 17.3 Å². The van der Waals surface area contributed by atoms with Gasteiger partial charge in [0.15, 0.2) is 0 Å². The van der Waals surface area contributed by atoms with Gasteiger partial charge in [0.2, 0.25) is 0 Å². The molecule has 6 heteroatoms. The highest BCUT2D eigenvalue weighted by Gasteiger charge is 2.26. The molecular formula is C13H18ClN3O2. The Kier molecular flexibility index (Phi) is 4.74. The van der Waals surface area contributed by atoms with Crippen molar-refractivity contribution in [1.29, 1.82) is 0 Å². The van der Waals surface area contributed by atoms with Gasteiger partial charge in [-0.2, -0.15) is 0 Å². The van der Waals surface area contributed by atoms with E-state index in [4.69, 9.17) is 11.6 Å². The molecule has 2 rings (SSSR count). The van der Waals surface area contributed by atoms with Gasteiger partial charge in [0, 0.05) is 35.8 Å². The van der Waals surface area contributed by atoms with E-state index in [-0.39, 0.29) is 10.6 Å². The summed E-state index contributed by atoms with van der Waals surface area (Å²) in [6.07, 6.45) is 2.29. The number of likely N-dealkylation sites (tertiary alicyclic amines) is 1. The van der Waals surface area contributed by atoms with Gasteiger partial charge in [-0.05, 0) is 38.6 Å². The average molecular weight is 284 g/mol. The molecule has 0 aliphatic carbocycles. The Bertz CT molecular complexity index is 467. The highest BCUT2D eigenvalue weighted by Crippen LogP contribution is 2.27. The summed E-state index contributed by atoms with van der Waals surface area (Å²) < 4.78 is 0. The lowest BCUT2D eigenvalue weighted by Crippen LogP contribution is -2.36. The molecule has 0 aromatic heterocycles.